The molecule has 2 aromatic carbocycles. The van der Waals surface area contributed by atoms with Gasteiger partial charge in [0.2, 0.25) is 0 Å². The Morgan fingerprint density at radius 3 is 1.23 bits per heavy atom. The summed E-state index contributed by atoms with van der Waals surface area (Å²) in [5.74, 6) is 0. The molecule has 212 valence electrons. The van der Waals surface area contributed by atoms with Crippen LogP contribution in [0.1, 0.15) is 19.5 Å². The number of aromatic nitrogens is 3. The summed E-state index contributed by atoms with van der Waals surface area (Å²) < 4.78 is 0. The Bertz CT molecular complexity index is 1020. The molecule has 6 nitrogen and oxygen atoms in total. The number of nitrogens with two attached hydrogens (primary N) is 1. The van der Waals surface area contributed by atoms with Crippen LogP contribution in [0.4, 0.5) is 0 Å². The molecule has 0 aliphatic carbocycles. The second kappa shape index (κ2) is 27.3. The number of nitrogens with zero attached hydrogens (tertiary/aromatic N) is 3. The van der Waals surface area contributed by atoms with E-state index < -0.39 is 0 Å². The molecule has 0 radical (unpaired) electrons. The van der Waals surface area contributed by atoms with E-state index in [0.29, 0.717) is 6.54 Å². The van der Waals surface area contributed by atoms with Crippen molar-refractivity contribution in [3.8, 4) is 22.5 Å². The number of halogens is 1. The van der Waals surface area contributed by atoms with Crippen LogP contribution in [-0.4, -0.2) is 38.4 Å². The Hall–Kier alpha value is -3.29. The predicted octanol–water partition coefficient (Wildman–Crippen LogP) is 2.64. The van der Waals surface area contributed by atoms with Crippen LogP contribution in [0.15, 0.2) is 122 Å². The molecule has 3 heterocycles. The first-order chi connectivity index (χ1) is 18.7. The van der Waals surface area contributed by atoms with Crippen molar-refractivity contribution in [2.75, 3.05) is 13.2 Å². The smallest absolute Gasteiger partial charge is 1.00 e. The first kappa shape index (κ1) is 38.9. The van der Waals surface area contributed by atoms with Crippen molar-refractivity contribution in [1.82, 2.24) is 15.0 Å². The van der Waals surface area contributed by atoms with Crippen molar-refractivity contribution in [2.24, 2.45) is 5.73 Å². The van der Waals surface area contributed by atoms with Crippen molar-refractivity contribution in [1.29, 1.82) is 0 Å². The third-order valence-electron chi connectivity index (χ3n) is 4.24. The molecule has 0 saturated heterocycles. The zero-order valence-corrected chi connectivity index (χ0v) is 25.8. The Labute approximate surface area is 258 Å². The maximum atomic E-state index is 7.57. The molecule has 0 atom stereocenters. The fraction of sp³-hybridized carbons (Fsp3) is 0.156. The molecule has 3 aromatic heterocycles. The summed E-state index contributed by atoms with van der Waals surface area (Å²) in [4.78, 5) is 12.4. The summed E-state index contributed by atoms with van der Waals surface area (Å²) in [5, 5.41) is 15.1. The molecular formula is C32H36ClIrN4O2. The van der Waals surface area contributed by atoms with Gasteiger partial charge in [-0.25, -0.2) is 0 Å². The van der Waals surface area contributed by atoms with Crippen LogP contribution < -0.4 is 18.1 Å². The minimum Gasteiger partial charge on any atom is -1.00 e. The van der Waals surface area contributed by atoms with E-state index in [4.69, 9.17) is 15.9 Å². The summed E-state index contributed by atoms with van der Waals surface area (Å²) in [6, 6.07) is 39.3. The fourth-order valence-electron chi connectivity index (χ4n) is 2.67. The zero-order chi connectivity index (χ0) is 27.7. The van der Waals surface area contributed by atoms with Gasteiger partial charge in [0.1, 0.15) is 0 Å². The van der Waals surface area contributed by atoms with Crippen LogP contribution in [0.25, 0.3) is 22.5 Å². The van der Waals surface area contributed by atoms with E-state index >= 15 is 0 Å². The van der Waals surface area contributed by atoms with E-state index in [-0.39, 0.29) is 45.7 Å². The van der Waals surface area contributed by atoms with Gasteiger partial charge >= 0.3 is 20.1 Å². The average molecular weight is 736 g/mol. The van der Waals surface area contributed by atoms with Crippen LogP contribution in [0.2, 0.25) is 0 Å². The normalized spacial score (nSPS) is 8.53. The predicted molar refractivity (Wildman–Crippen MR) is 155 cm³/mol. The van der Waals surface area contributed by atoms with Crippen molar-refractivity contribution in [3.05, 3.63) is 140 Å². The maximum Gasteiger partial charge on any atom is 3.00 e. The summed E-state index contributed by atoms with van der Waals surface area (Å²) in [7, 11) is 0. The van der Waals surface area contributed by atoms with Crippen LogP contribution >= 0.6 is 0 Å². The van der Waals surface area contributed by atoms with Gasteiger partial charge in [-0.2, -0.15) is 0 Å². The van der Waals surface area contributed by atoms with Crippen molar-refractivity contribution in [2.45, 2.75) is 20.4 Å². The van der Waals surface area contributed by atoms with Gasteiger partial charge in [-0.05, 0) is 49.5 Å². The molecule has 5 aromatic rings. The van der Waals surface area contributed by atoms with Gasteiger partial charge in [-0.1, -0.05) is 30.3 Å². The van der Waals surface area contributed by atoms with E-state index in [1.54, 1.807) is 32.4 Å². The van der Waals surface area contributed by atoms with Crippen molar-refractivity contribution >= 4 is 0 Å². The number of hydrogen-bond acceptors (Lipinski definition) is 6. The molecule has 0 aliphatic heterocycles. The molecule has 0 amide bonds. The van der Waals surface area contributed by atoms with Gasteiger partial charge in [0.15, 0.2) is 0 Å². The van der Waals surface area contributed by atoms with Crippen LogP contribution in [0.3, 0.4) is 0 Å². The third kappa shape index (κ3) is 18.1. The Morgan fingerprint density at radius 1 is 0.600 bits per heavy atom. The second-order valence-electron chi connectivity index (χ2n) is 7.14. The number of pyridine rings is 3. The summed E-state index contributed by atoms with van der Waals surface area (Å²) in [5.41, 5.74) is 10.2. The van der Waals surface area contributed by atoms with Gasteiger partial charge in [0.05, 0.1) is 5.69 Å². The molecule has 0 aliphatic rings. The fourth-order valence-corrected chi connectivity index (χ4v) is 2.67. The average Bonchev–Trinajstić information content (AvgIpc) is 3.01. The van der Waals surface area contributed by atoms with E-state index in [9.17, 15) is 0 Å². The first-order valence-corrected chi connectivity index (χ1v) is 12.3. The minimum absolute atomic E-state index is 0. The number of benzene rings is 2. The second-order valence-corrected chi connectivity index (χ2v) is 7.14. The monoisotopic (exact) mass is 736 g/mol. The first-order valence-electron chi connectivity index (χ1n) is 12.3. The zero-order valence-electron chi connectivity index (χ0n) is 22.7. The van der Waals surface area contributed by atoms with Gasteiger partial charge < -0.3 is 38.3 Å². The number of hydrogen-bond donors (Lipinski definition) is 3. The van der Waals surface area contributed by atoms with Gasteiger partial charge in [-0.3, -0.25) is 4.98 Å². The van der Waals surface area contributed by atoms with E-state index in [0.717, 1.165) is 28.2 Å². The van der Waals surface area contributed by atoms with Gasteiger partial charge in [0.25, 0.3) is 0 Å². The third-order valence-corrected chi connectivity index (χ3v) is 4.24. The summed E-state index contributed by atoms with van der Waals surface area (Å²) in [6.45, 7) is 4.39. The maximum absolute atomic E-state index is 7.57. The SMILES string of the molecule is CCO.CCO.NCc1ccccn1.[Cl-].[Ir+3].[c-]1ccccc1-c1ccccn1.[c-]1ccccc1-c1ccccn1. The van der Waals surface area contributed by atoms with Crippen LogP contribution in [-0.2, 0) is 26.7 Å². The molecular weight excluding hydrogens is 700 g/mol. The Morgan fingerprint density at radius 2 is 0.975 bits per heavy atom. The van der Waals surface area contributed by atoms with E-state index in [1.165, 1.54) is 0 Å². The summed E-state index contributed by atoms with van der Waals surface area (Å²) >= 11 is 0. The number of aliphatic hydroxyl groups is 2. The van der Waals surface area contributed by atoms with E-state index in [2.05, 4.69) is 27.1 Å². The quantitative estimate of drug-likeness (QED) is 0.247. The van der Waals surface area contributed by atoms with Crippen molar-refractivity contribution in [3.63, 3.8) is 0 Å². The largest absolute Gasteiger partial charge is 3.00 e. The molecule has 0 saturated carbocycles. The molecule has 0 fully saturated rings. The topological polar surface area (TPSA) is 105 Å². The Balaban J connectivity index is 0. The standard InChI is InChI=1S/2C11H8N.C6H8N2.2C2H6O.ClH.Ir/c2*1-2-6-10(7-3-1)11-8-4-5-9-12-11;7-5-6-3-1-2-4-8-6;2*1-2-3;;/h2*1-6,8-9H;1-4H,5,7H2;2*3H,2H2,1H3;1H;/q2*-1;;;;;+3/p-1. The molecule has 0 spiro atoms. The molecule has 5 rings (SSSR count). The van der Waals surface area contributed by atoms with Gasteiger partial charge in [-0.15, -0.1) is 71.8 Å². The summed E-state index contributed by atoms with van der Waals surface area (Å²) in [6.07, 6.45) is 5.31. The molecule has 40 heavy (non-hydrogen) atoms. The minimum atomic E-state index is 0. The Kier molecular flexibility index (Phi) is 26.5. The van der Waals surface area contributed by atoms with Crippen molar-refractivity contribution < 1.29 is 42.7 Å². The molecule has 0 unspecified atom stereocenters. The number of rotatable bonds is 3. The van der Waals surface area contributed by atoms with Gasteiger partial charge in [0, 0.05) is 38.3 Å². The van der Waals surface area contributed by atoms with E-state index in [1.807, 2.05) is 103 Å². The van der Waals surface area contributed by atoms with Crippen LogP contribution in [0, 0.1) is 12.1 Å². The molecule has 0 bridgehead atoms. The number of aliphatic hydroxyl groups excluding tert-OH is 2. The molecule has 8 heteroatoms. The molecule has 4 N–H and O–H groups in total. The van der Waals surface area contributed by atoms with Crippen LogP contribution in [0.5, 0.6) is 0 Å².